The van der Waals surface area contributed by atoms with E-state index in [0.29, 0.717) is 0 Å². The lowest BCUT2D eigenvalue weighted by atomic mass is 10.3. The zero-order valence-corrected chi connectivity index (χ0v) is 11.7. The van der Waals surface area contributed by atoms with Crippen LogP contribution in [0.3, 0.4) is 0 Å². The van der Waals surface area contributed by atoms with Gasteiger partial charge in [-0.15, -0.1) is 0 Å². The normalized spacial score (nSPS) is 20.8. The van der Waals surface area contributed by atoms with Gasteiger partial charge < -0.3 is 10.5 Å². The fraction of sp³-hybridized carbons (Fsp3) is 0.455. The molecule has 2 rings (SSSR count). The summed E-state index contributed by atoms with van der Waals surface area (Å²) in [5.74, 6) is 0. The number of nitro groups is 1. The molecule has 2 N–H and O–H groups in total. The Labute approximate surface area is 116 Å². The number of sulfonamides is 1. The van der Waals surface area contributed by atoms with Gasteiger partial charge >= 0.3 is 5.69 Å². The molecule has 0 bridgehead atoms. The zero-order valence-electron chi connectivity index (χ0n) is 10.9. The molecule has 0 amide bonds. The van der Waals surface area contributed by atoms with Crippen LogP contribution in [0.25, 0.3) is 0 Å². The molecular formula is C11H15N3O5S. The Morgan fingerprint density at radius 3 is 2.80 bits per heavy atom. The highest BCUT2D eigenvalue weighted by Crippen LogP contribution is 2.32. The molecule has 0 aromatic heterocycles. The predicted molar refractivity (Wildman–Crippen MR) is 71.7 cm³/mol. The number of nitrogen functional groups attached to an aromatic ring is 1. The van der Waals surface area contributed by atoms with Gasteiger partial charge in [0, 0.05) is 12.6 Å². The SMILES string of the molecule is CC1COCCN1S(=O)(=O)c1cccc(N)c1[N+](=O)[O-]. The van der Waals surface area contributed by atoms with Crippen LogP contribution >= 0.6 is 0 Å². The smallest absolute Gasteiger partial charge is 0.312 e. The van der Waals surface area contributed by atoms with E-state index in [9.17, 15) is 18.5 Å². The van der Waals surface area contributed by atoms with Crippen LogP contribution in [-0.2, 0) is 14.8 Å². The number of hydrogen-bond acceptors (Lipinski definition) is 6. The van der Waals surface area contributed by atoms with E-state index >= 15 is 0 Å². The Balaban J connectivity index is 2.55. The molecule has 0 spiro atoms. The molecule has 8 nitrogen and oxygen atoms in total. The van der Waals surface area contributed by atoms with Gasteiger partial charge in [0.2, 0.25) is 10.0 Å². The van der Waals surface area contributed by atoms with Crippen molar-refractivity contribution in [2.24, 2.45) is 0 Å². The van der Waals surface area contributed by atoms with Crippen LogP contribution in [0.1, 0.15) is 6.92 Å². The average molecular weight is 301 g/mol. The van der Waals surface area contributed by atoms with Crippen molar-refractivity contribution in [3.05, 3.63) is 28.3 Å². The second kappa shape index (κ2) is 5.35. The Morgan fingerprint density at radius 2 is 2.20 bits per heavy atom. The minimum absolute atomic E-state index is 0.162. The molecule has 0 saturated carbocycles. The highest BCUT2D eigenvalue weighted by atomic mass is 32.2. The summed E-state index contributed by atoms with van der Waals surface area (Å²) in [6.07, 6.45) is 0. The third kappa shape index (κ3) is 2.47. The maximum Gasteiger partial charge on any atom is 0.312 e. The molecule has 1 atom stereocenters. The molecule has 1 fully saturated rings. The fourth-order valence-electron chi connectivity index (χ4n) is 2.14. The predicted octanol–water partition coefficient (Wildman–Crippen LogP) is 0.586. The molecule has 1 aliphatic rings. The van der Waals surface area contributed by atoms with Crippen LogP contribution in [0.4, 0.5) is 11.4 Å². The van der Waals surface area contributed by atoms with Crippen molar-refractivity contribution >= 4 is 21.4 Å². The van der Waals surface area contributed by atoms with E-state index in [0.717, 1.165) is 0 Å². The molecule has 20 heavy (non-hydrogen) atoms. The first-order valence-electron chi connectivity index (χ1n) is 5.98. The van der Waals surface area contributed by atoms with E-state index in [1.54, 1.807) is 6.92 Å². The summed E-state index contributed by atoms with van der Waals surface area (Å²) in [5, 5.41) is 11.1. The first-order valence-corrected chi connectivity index (χ1v) is 7.42. The van der Waals surface area contributed by atoms with E-state index < -0.39 is 20.6 Å². The van der Waals surface area contributed by atoms with Gasteiger partial charge in [-0.3, -0.25) is 10.1 Å². The first-order chi connectivity index (χ1) is 9.35. The van der Waals surface area contributed by atoms with Crippen LogP contribution in [0.5, 0.6) is 0 Å². The van der Waals surface area contributed by atoms with Gasteiger partial charge in [0.25, 0.3) is 0 Å². The lowest BCUT2D eigenvalue weighted by Crippen LogP contribution is -2.47. The van der Waals surface area contributed by atoms with Gasteiger partial charge in [-0.25, -0.2) is 8.42 Å². The lowest BCUT2D eigenvalue weighted by molar-refractivity contribution is -0.386. The first kappa shape index (κ1) is 14.7. The molecule has 0 radical (unpaired) electrons. The number of nitrogens with two attached hydrogens (primary N) is 1. The maximum absolute atomic E-state index is 12.6. The third-order valence-corrected chi connectivity index (χ3v) is 5.15. The van der Waals surface area contributed by atoms with Crippen molar-refractivity contribution in [3.63, 3.8) is 0 Å². The number of rotatable bonds is 3. The number of morpholine rings is 1. The number of anilines is 1. The largest absolute Gasteiger partial charge is 0.393 e. The van der Waals surface area contributed by atoms with Crippen LogP contribution in [0, 0.1) is 10.1 Å². The summed E-state index contributed by atoms with van der Waals surface area (Å²) < 4.78 is 31.6. The minimum Gasteiger partial charge on any atom is -0.393 e. The molecule has 1 aromatic carbocycles. The second-order valence-corrected chi connectivity index (χ2v) is 6.35. The lowest BCUT2D eigenvalue weighted by Gasteiger charge is -2.32. The molecule has 1 heterocycles. The molecular weight excluding hydrogens is 286 g/mol. The van der Waals surface area contributed by atoms with Crippen molar-refractivity contribution in [2.45, 2.75) is 17.9 Å². The summed E-state index contributed by atoms with van der Waals surface area (Å²) >= 11 is 0. The van der Waals surface area contributed by atoms with Gasteiger partial charge in [-0.2, -0.15) is 4.31 Å². The van der Waals surface area contributed by atoms with Crippen molar-refractivity contribution in [1.82, 2.24) is 4.31 Å². The van der Waals surface area contributed by atoms with E-state index in [2.05, 4.69) is 0 Å². The average Bonchev–Trinajstić information content (AvgIpc) is 2.38. The van der Waals surface area contributed by atoms with Gasteiger partial charge in [0.15, 0.2) is 4.90 Å². The molecule has 0 aliphatic carbocycles. The molecule has 110 valence electrons. The van der Waals surface area contributed by atoms with Crippen LogP contribution in [0.15, 0.2) is 23.1 Å². The number of para-hydroxylation sites is 1. The van der Waals surface area contributed by atoms with Gasteiger partial charge in [0.1, 0.15) is 5.69 Å². The third-order valence-electron chi connectivity index (χ3n) is 3.11. The Hall–Kier alpha value is -1.71. The van der Waals surface area contributed by atoms with Crippen molar-refractivity contribution < 1.29 is 18.1 Å². The number of hydrogen-bond donors (Lipinski definition) is 1. The molecule has 1 aliphatic heterocycles. The van der Waals surface area contributed by atoms with E-state index in [1.165, 1.54) is 22.5 Å². The summed E-state index contributed by atoms with van der Waals surface area (Å²) in [5.41, 5.74) is 4.79. The van der Waals surface area contributed by atoms with E-state index in [-0.39, 0.29) is 36.4 Å². The highest BCUT2D eigenvalue weighted by molar-refractivity contribution is 7.89. The summed E-state index contributed by atoms with van der Waals surface area (Å²) in [4.78, 5) is 9.92. The Bertz CT molecular complexity index is 631. The fourth-order valence-corrected chi connectivity index (χ4v) is 3.93. The van der Waals surface area contributed by atoms with Gasteiger partial charge in [-0.05, 0) is 19.1 Å². The number of ether oxygens (including phenoxy) is 1. The van der Waals surface area contributed by atoms with Crippen LogP contribution in [0.2, 0.25) is 0 Å². The summed E-state index contributed by atoms with van der Waals surface area (Å²) in [7, 11) is -3.98. The van der Waals surface area contributed by atoms with Crippen molar-refractivity contribution in [3.8, 4) is 0 Å². The maximum atomic E-state index is 12.6. The summed E-state index contributed by atoms with van der Waals surface area (Å²) in [6.45, 7) is 2.37. The van der Waals surface area contributed by atoms with Gasteiger partial charge in [-0.1, -0.05) is 6.07 Å². The standard InChI is InChI=1S/C11H15N3O5S/c1-8-7-19-6-5-13(8)20(17,18)10-4-2-3-9(12)11(10)14(15)16/h2-4,8H,5-7,12H2,1H3. The van der Waals surface area contributed by atoms with Crippen LogP contribution < -0.4 is 5.73 Å². The monoisotopic (exact) mass is 301 g/mol. The van der Waals surface area contributed by atoms with Gasteiger partial charge in [0.05, 0.1) is 18.1 Å². The van der Waals surface area contributed by atoms with E-state index in [4.69, 9.17) is 10.5 Å². The Morgan fingerprint density at radius 1 is 1.50 bits per heavy atom. The summed E-state index contributed by atoms with van der Waals surface area (Å²) in [6, 6.07) is 3.52. The number of nitro benzene ring substituents is 1. The molecule has 9 heteroatoms. The molecule has 1 saturated heterocycles. The van der Waals surface area contributed by atoms with Crippen molar-refractivity contribution in [1.29, 1.82) is 0 Å². The van der Waals surface area contributed by atoms with E-state index in [1.807, 2.05) is 0 Å². The second-order valence-electron chi connectivity index (χ2n) is 4.49. The number of benzene rings is 1. The zero-order chi connectivity index (χ0) is 14.9. The molecule has 1 aromatic rings. The van der Waals surface area contributed by atoms with Crippen LogP contribution in [-0.4, -0.2) is 43.4 Å². The highest BCUT2D eigenvalue weighted by Gasteiger charge is 2.36. The minimum atomic E-state index is -3.98. The Kier molecular flexibility index (Phi) is 3.93. The number of nitrogens with zero attached hydrogens (tertiary/aromatic N) is 2. The quantitative estimate of drug-likeness (QED) is 0.496. The van der Waals surface area contributed by atoms with Crippen molar-refractivity contribution in [2.75, 3.05) is 25.5 Å². The topological polar surface area (TPSA) is 116 Å². The molecule has 1 unspecified atom stereocenters.